The smallest absolute Gasteiger partial charge is 0.278 e. The average Bonchev–Trinajstić information content (AvgIpc) is 3.13. The molecule has 0 aliphatic heterocycles. The molecule has 2 aromatic heterocycles. The molecule has 0 amide bonds. The van der Waals surface area contributed by atoms with Crippen LogP contribution in [-0.2, 0) is 0 Å². The lowest BCUT2D eigenvalue weighted by Gasteiger charge is -2.07. The molecule has 1 aromatic carbocycles. The van der Waals surface area contributed by atoms with Crippen molar-refractivity contribution in [2.75, 3.05) is 14.2 Å². The van der Waals surface area contributed by atoms with Crippen molar-refractivity contribution in [1.82, 2.24) is 20.3 Å². The van der Waals surface area contributed by atoms with E-state index in [0.29, 0.717) is 34.8 Å². The van der Waals surface area contributed by atoms with E-state index in [1.54, 1.807) is 14.2 Å². The summed E-state index contributed by atoms with van der Waals surface area (Å²) < 4.78 is 15.9. The van der Waals surface area contributed by atoms with E-state index in [9.17, 15) is 0 Å². The first-order valence-electron chi connectivity index (χ1n) is 7.40. The lowest BCUT2D eigenvalue weighted by molar-refractivity contribution is 0.355. The number of methoxy groups -OCH3 is 2. The van der Waals surface area contributed by atoms with E-state index in [2.05, 4.69) is 20.3 Å². The molecule has 118 valence electrons. The van der Waals surface area contributed by atoms with Gasteiger partial charge in [0.1, 0.15) is 0 Å². The number of nitrogens with one attached hydrogen (secondary N) is 1. The Balaban J connectivity index is 1.64. The van der Waals surface area contributed by atoms with Crippen molar-refractivity contribution in [3.8, 4) is 34.5 Å². The summed E-state index contributed by atoms with van der Waals surface area (Å²) >= 11 is 0. The molecule has 0 saturated heterocycles. The van der Waals surface area contributed by atoms with E-state index in [0.717, 1.165) is 11.3 Å². The van der Waals surface area contributed by atoms with Crippen molar-refractivity contribution < 1.29 is 14.0 Å². The lowest BCUT2D eigenvalue weighted by Crippen LogP contribution is -1.91. The number of rotatable bonds is 5. The van der Waals surface area contributed by atoms with Crippen molar-refractivity contribution in [1.29, 1.82) is 0 Å². The van der Waals surface area contributed by atoms with Crippen molar-refractivity contribution in [2.24, 2.45) is 0 Å². The third-order valence-electron chi connectivity index (χ3n) is 3.90. The van der Waals surface area contributed by atoms with Gasteiger partial charge in [0.2, 0.25) is 5.82 Å². The Bertz CT molecular complexity index is 835. The van der Waals surface area contributed by atoms with Crippen LogP contribution in [0.2, 0.25) is 0 Å². The van der Waals surface area contributed by atoms with Gasteiger partial charge in [-0.2, -0.15) is 10.1 Å². The number of nitrogens with zero attached hydrogens (tertiary/aromatic N) is 3. The average molecular weight is 312 g/mol. The summed E-state index contributed by atoms with van der Waals surface area (Å²) in [6.07, 6.45) is 2.42. The molecule has 0 spiro atoms. The highest BCUT2D eigenvalue weighted by Crippen LogP contribution is 2.40. The number of aromatic amines is 1. The number of ether oxygens (including phenoxy) is 2. The predicted molar refractivity (Wildman–Crippen MR) is 82.4 cm³/mol. The van der Waals surface area contributed by atoms with Gasteiger partial charge in [-0.1, -0.05) is 5.16 Å². The molecule has 1 aliphatic rings. The quantitative estimate of drug-likeness (QED) is 0.779. The summed E-state index contributed by atoms with van der Waals surface area (Å²) in [5.41, 5.74) is 2.59. The Morgan fingerprint density at radius 2 is 1.96 bits per heavy atom. The molecule has 1 fully saturated rings. The van der Waals surface area contributed by atoms with Crippen LogP contribution < -0.4 is 9.47 Å². The summed E-state index contributed by atoms with van der Waals surface area (Å²) in [6.45, 7) is 0. The van der Waals surface area contributed by atoms with Crippen molar-refractivity contribution in [2.45, 2.75) is 18.8 Å². The van der Waals surface area contributed by atoms with Crippen molar-refractivity contribution in [3.05, 3.63) is 30.0 Å². The van der Waals surface area contributed by atoms with Gasteiger partial charge in [0, 0.05) is 17.2 Å². The second-order valence-corrected chi connectivity index (χ2v) is 5.48. The summed E-state index contributed by atoms with van der Waals surface area (Å²) in [7, 11) is 3.19. The Kier molecular flexibility index (Phi) is 3.25. The maximum atomic E-state index is 5.33. The first-order chi connectivity index (χ1) is 11.3. The van der Waals surface area contributed by atoms with Gasteiger partial charge < -0.3 is 14.0 Å². The minimum atomic E-state index is 0.401. The number of H-pyrrole nitrogens is 1. The maximum Gasteiger partial charge on any atom is 0.278 e. The van der Waals surface area contributed by atoms with E-state index in [4.69, 9.17) is 14.0 Å². The largest absolute Gasteiger partial charge is 0.493 e. The van der Waals surface area contributed by atoms with Gasteiger partial charge in [-0.25, -0.2) is 0 Å². The SMILES string of the molecule is COc1ccc(-c2noc(-c3cc(C4CC4)[nH]n3)n2)cc1OC. The van der Waals surface area contributed by atoms with Crippen LogP contribution in [-0.4, -0.2) is 34.6 Å². The van der Waals surface area contributed by atoms with Crippen LogP contribution in [0.4, 0.5) is 0 Å². The van der Waals surface area contributed by atoms with Gasteiger partial charge in [0.25, 0.3) is 5.89 Å². The fourth-order valence-corrected chi connectivity index (χ4v) is 2.47. The Morgan fingerprint density at radius 1 is 1.13 bits per heavy atom. The molecule has 23 heavy (non-hydrogen) atoms. The van der Waals surface area contributed by atoms with Gasteiger partial charge in [0.05, 0.1) is 14.2 Å². The third kappa shape index (κ3) is 2.54. The highest BCUT2D eigenvalue weighted by molar-refractivity contribution is 5.62. The number of aromatic nitrogens is 4. The predicted octanol–water partition coefficient (Wildman–Crippen LogP) is 3.02. The lowest BCUT2D eigenvalue weighted by atomic mass is 10.2. The van der Waals surface area contributed by atoms with Crippen LogP contribution in [0.3, 0.4) is 0 Å². The first-order valence-corrected chi connectivity index (χ1v) is 7.40. The first kappa shape index (κ1) is 13.8. The zero-order chi connectivity index (χ0) is 15.8. The normalized spacial score (nSPS) is 14.0. The minimum Gasteiger partial charge on any atom is -0.493 e. The second kappa shape index (κ2) is 5.42. The van der Waals surface area contributed by atoms with E-state index in [-0.39, 0.29) is 0 Å². The molecular formula is C16H16N4O3. The van der Waals surface area contributed by atoms with Crippen molar-refractivity contribution in [3.63, 3.8) is 0 Å². The molecule has 0 radical (unpaired) electrons. The summed E-state index contributed by atoms with van der Waals surface area (Å²) in [4.78, 5) is 4.42. The molecule has 7 heteroatoms. The Hall–Kier alpha value is -2.83. The number of benzene rings is 1. The van der Waals surface area contributed by atoms with Crippen LogP contribution in [0.25, 0.3) is 23.0 Å². The molecule has 0 unspecified atom stereocenters. The molecule has 3 aromatic rings. The van der Waals surface area contributed by atoms with Gasteiger partial charge in [-0.3, -0.25) is 5.10 Å². The van der Waals surface area contributed by atoms with E-state index < -0.39 is 0 Å². The fraction of sp³-hybridized carbons (Fsp3) is 0.312. The molecule has 7 nitrogen and oxygen atoms in total. The molecular weight excluding hydrogens is 296 g/mol. The zero-order valence-corrected chi connectivity index (χ0v) is 12.9. The van der Waals surface area contributed by atoms with Crippen LogP contribution in [0.15, 0.2) is 28.8 Å². The molecule has 2 heterocycles. The van der Waals surface area contributed by atoms with E-state index in [1.807, 2.05) is 24.3 Å². The summed E-state index contributed by atoms with van der Waals surface area (Å²) in [5.74, 6) is 2.76. The van der Waals surface area contributed by atoms with Crippen LogP contribution in [0, 0.1) is 0 Å². The van der Waals surface area contributed by atoms with Gasteiger partial charge in [-0.15, -0.1) is 0 Å². The Morgan fingerprint density at radius 3 is 2.70 bits per heavy atom. The maximum absolute atomic E-state index is 5.33. The van der Waals surface area contributed by atoms with Crippen LogP contribution in [0.1, 0.15) is 24.5 Å². The molecule has 1 N–H and O–H groups in total. The summed E-state index contributed by atoms with van der Waals surface area (Å²) in [6, 6.07) is 7.46. The standard InChI is InChI=1S/C16H16N4O3/c1-21-13-6-5-10(7-14(13)22-2)15-17-16(23-20-15)12-8-11(18-19-12)9-3-4-9/h5-9H,3-4H2,1-2H3,(H,18,19). The second-order valence-electron chi connectivity index (χ2n) is 5.48. The number of hydrogen-bond donors (Lipinski definition) is 1. The number of hydrogen-bond acceptors (Lipinski definition) is 6. The zero-order valence-electron chi connectivity index (χ0n) is 12.9. The molecule has 1 aliphatic carbocycles. The van der Waals surface area contributed by atoms with Crippen LogP contribution in [0.5, 0.6) is 11.5 Å². The Labute approximate surface area is 132 Å². The van der Waals surface area contributed by atoms with E-state index in [1.165, 1.54) is 12.8 Å². The monoisotopic (exact) mass is 312 g/mol. The van der Waals surface area contributed by atoms with Crippen LogP contribution >= 0.6 is 0 Å². The summed E-state index contributed by atoms with van der Waals surface area (Å²) in [5, 5.41) is 11.3. The van der Waals surface area contributed by atoms with Gasteiger partial charge in [0.15, 0.2) is 17.2 Å². The fourth-order valence-electron chi connectivity index (χ4n) is 2.47. The van der Waals surface area contributed by atoms with E-state index >= 15 is 0 Å². The third-order valence-corrected chi connectivity index (χ3v) is 3.90. The van der Waals surface area contributed by atoms with Gasteiger partial charge in [-0.05, 0) is 37.1 Å². The minimum absolute atomic E-state index is 0.401. The van der Waals surface area contributed by atoms with Crippen molar-refractivity contribution >= 4 is 0 Å². The molecule has 0 bridgehead atoms. The van der Waals surface area contributed by atoms with Gasteiger partial charge >= 0.3 is 0 Å². The highest BCUT2D eigenvalue weighted by Gasteiger charge is 2.26. The highest BCUT2D eigenvalue weighted by atomic mass is 16.5. The molecule has 1 saturated carbocycles. The topological polar surface area (TPSA) is 86.1 Å². The molecule has 4 rings (SSSR count). The molecule has 0 atom stereocenters.